The van der Waals surface area contributed by atoms with Crippen LogP contribution < -0.4 is 10.6 Å². The van der Waals surface area contributed by atoms with Gasteiger partial charge in [0.1, 0.15) is 0 Å². The summed E-state index contributed by atoms with van der Waals surface area (Å²) in [5, 5.41) is 8.10. The van der Waals surface area contributed by atoms with Crippen LogP contribution >= 0.6 is 0 Å². The summed E-state index contributed by atoms with van der Waals surface area (Å²) in [6, 6.07) is 35.4. The molecule has 2 aromatic heterocycles. The van der Waals surface area contributed by atoms with Crippen molar-refractivity contribution in [2.24, 2.45) is 0 Å². The average Bonchev–Trinajstić information content (AvgIpc) is 3.63. The molecule has 6 nitrogen and oxygen atoms in total. The highest BCUT2D eigenvalue weighted by Crippen LogP contribution is 2.40. The van der Waals surface area contributed by atoms with Crippen molar-refractivity contribution in [2.45, 2.75) is 24.9 Å². The minimum Gasteiger partial charge on any atom is -0.361 e. The molecular formula is C34H30N4O2. The number of amides is 2. The number of carbonyl (C=O) groups excluding carboxylic acids is 2. The van der Waals surface area contributed by atoms with E-state index >= 15 is 0 Å². The number of rotatable bonds is 9. The van der Waals surface area contributed by atoms with Gasteiger partial charge in [-0.25, -0.2) is 0 Å². The van der Waals surface area contributed by atoms with Crippen molar-refractivity contribution in [1.82, 2.24) is 20.6 Å². The van der Waals surface area contributed by atoms with Gasteiger partial charge in [-0.05, 0) is 34.4 Å². The second kappa shape index (κ2) is 11.3. The fourth-order valence-electron chi connectivity index (χ4n) is 5.44. The Labute approximate surface area is 232 Å². The first kappa shape index (κ1) is 25.2. The Morgan fingerprint density at radius 2 is 0.900 bits per heavy atom. The third-order valence-electron chi connectivity index (χ3n) is 7.43. The topological polar surface area (TPSA) is 89.8 Å². The molecule has 0 aliphatic rings. The molecule has 6 rings (SSSR count). The smallest absolute Gasteiger partial charge is 0.229 e. The summed E-state index contributed by atoms with van der Waals surface area (Å²) in [4.78, 5) is 35.0. The molecule has 4 N–H and O–H groups in total. The Bertz CT molecular complexity index is 1620. The quantitative estimate of drug-likeness (QED) is 0.182. The molecule has 0 aliphatic heterocycles. The number of hydrogen-bond acceptors (Lipinski definition) is 2. The van der Waals surface area contributed by atoms with E-state index in [1.54, 1.807) is 0 Å². The first-order valence-corrected chi connectivity index (χ1v) is 13.4. The number of hydrogen-bond donors (Lipinski definition) is 4. The van der Waals surface area contributed by atoms with Crippen molar-refractivity contribution in [3.63, 3.8) is 0 Å². The molecule has 6 aromatic rings. The molecule has 2 heterocycles. The van der Waals surface area contributed by atoms with Crippen LogP contribution in [0.4, 0.5) is 0 Å². The molecule has 0 spiro atoms. The summed E-state index contributed by atoms with van der Waals surface area (Å²) in [6.45, 7) is 0.732. The predicted molar refractivity (Wildman–Crippen MR) is 159 cm³/mol. The summed E-state index contributed by atoms with van der Waals surface area (Å²) in [7, 11) is 0. The first-order valence-electron chi connectivity index (χ1n) is 13.4. The van der Waals surface area contributed by atoms with Gasteiger partial charge in [0, 0.05) is 47.3 Å². The normalized spacial score (nSPS) is 12.7. The van der Waals surface area contributed by atoms with Crippen LogP contribution in [0.3, 0.4) is 0 Å². The molecule has 198 valence electrons. The van der Waals surface area contributed by atoms with E-state index < -0.39 is 11.8 Å². The zero-order valence-electron chi connectivity index (χ0n) is 21.9. The van der Waals surface area contributed by atoms with Gasteiger partial charge < -0.3 is 20.6 Å². The molecule has 4 aromatic carbocycles. The van der Waals surface area contributed by atoms with Crippen LogP contribution in [0.15, 0.2) is 122 Å². The third kappa shape index (κ3) is 5.12. The van der Waals surface area contributed by atoms with Gasteiger partial charge in [-0.3, -0.25) is 9.59 Å². The van der Waals surface area contributed by atoms with Gasteiger partial charge in [-0.15, -0.1) is 0 Å². The standard InChI is InChI=1S/C34H30N4O2/c39-33(37-19-23-11-3-1-4-12-23)31(27-21-35-29-17-9-7-15-25(27)29)32(28-22-36-30-18-10-8-16-26(28)30)34(40)38-20-24-13-5-2-6-14-24/h1-18,21-22,31-32,35-36H,19-20H2,(H,37,39)(H,38,40). The van der Waals surface area contributed by atoms with E-state index in [0.29, 0.717) is 13.1 Å². The number of H-pyrrole nitrogens is 2. The number of nitrogens with one attached hydrogen (secondary N) is 4. The zero-order valence-corrected chi connectivity index (χ0v) is 21.9. The molecule has 2 unspecified atom stereocenters. The summed E-state index contributed by atoms with van der Waals surface area (Å²) in [5.41, 5.74) is 5.38. The van der Waals surface area contributed by atoms with E-state index in [1.807, 2.05) is 122 Å². The van der Waals surface area contributed by atoms with Gasteiger partial charge in [-0.1, -0.05) is 97.1 Å². The molecule has 2 amide bonds. The lowest BCUT2D eigenvalue weighted by molar-refractivity contribution is -0.129. The number of carbonyl (C=O) groups is 2. The van der Waals surface area contributed by atoms with Crippen molar-refractivity contribution in [3.8, 4) is 0 Å². The highest BCUT2D eigenvalue weighted by Gasteiger charge is 2.39. The maximum Gasteiger partial charge on any atom is 0.229 e. The predicted octanol–water partition coefficient (Wildman–Crippen LogP) is 6.15. The van der Waals surface area contributed by atoms with Gasteiger partial charge in [0.25, 0.3) is 0 Å². The maximum absolute atomic E-state index is 14.2. The Hall–Kier alpha value is -5.10. The Morgan fingerprint density at radius 3 is 1.32 bits per heavy atom. The molecule has 0 saturated carbocycles. The van der Waals surface area contributed by atoms with Gasteiger partial charge in [-0.2, -0.15) is 0 Å². The highest BCUT2D eigenvalue weighted by atomic mass is 16.2. The average molecular weight is 527 g/mol. The maximum atomic E-state index is 14.2. The SMILES string of the molecule is O=C(NCc1ccccc1)C(c1c[nH]c2ccccc12)C(C(=O)NCc1ccccc1)c1c[nH]c2ccccc12. The summed E-state index contributed by atoms with van der Waals surface area (Å²) >= 11 is 0. The summed E-state index contributed by atoms with van der Waals surface area (Å²) in [5.74, 6) is -1.98. The van der Waals surface area contributed by atoms with E-state index in [2.05, 4.69) is 20.6 Å². The van der Waals surface area contributed by atoms with Gasteiger partial charge in [0.15, 0.2) is 0 Å². The number of aromatic nitrogens is 2. The van der Waals surface area contributed by atoms with Gasteiger partial charge in [0.2, 0.25) is 11.8 Å². The van der Waals surface area contributed by atoms with Crippen LogP contribution in [0.2, 0.25) is 0 Å². The number of benzene rings is 4. The lowest BCUT2D eigenvalue weighted by Gasteiger charge is -2.26. The zero-order chi connectivity index (χ0) is 27.3. The molecule has 6 heteroatoms. The van der Waals surface area contributed by atoms with E-state index in [9.17, 15) is 9.59 Å². The van der Waals surface area contributed by atoms with Crippen LogP contribution in [-0.4, -0.2) is 21.8 Å². The fourth-order valence-corrected chi connectivity index (χ4v) is 5.44. The fraction of sp³-hybridized carbons (Fsp3) is 0.118. The number of fused-ring (bicyclic) bond motifs is 2. The van der Waals surface area contributed by atoms with E-state index in [-0.39, 0.29) is 11.8 Å². The highest BCUT2D eigenvalue weighted by molar-refractivity contribution is 6.01. The summed E-state index contributed by atoms with van der Waals surface area (Å²) < 4.78 is 0. The van der Waals surface area contributed by atoms with Crippen LogP contribution in [-0.2, 0) is 22.7 Å². The largest absolute Gasteiger partial charge is 0.361 e. The minimum absolute atomic E-state index is 0.209. The van der Waals surface area contributed by atoms with Crippen molar-refractivity contribution in [2.75, 3.05) is 0 Å². The Balaban J connectivity index is 1.44. The molecular weight excluding hydrogens is 496 g/mol. The van der Waals surface area contributed by atoms with Crippen molar-refractivity contribution < 1.29 is 9.59 Å². The van der Waals surface area contributed by atoms with Crippen molar-refractivity contribution in [3.05, 3.63) is 144 Å². The third-order valence-corrected chi connectivity index (χ3v) is 7.43. The molecule has 0 aliphatic carbocycles. The van der Waals surface area contributed by atoms with Crippen LogP contribution in [0, 0.1) is 0 Å². The molecule has 0 fully saturated rings. The molecule has 0 bridgehead atoms. The summed E-state index contributed by atoms with van der Waals surface area (Å²) in [6.07, 6.45) is 3.73. The molecule has 0 saturated heterocycles. The van der Waals surface area contributed by atoms with Crippen LogP contribution in [0.5, 0.6) is 0 Å². The van der Waals surface area contributed by atoms with Gasteiger partial charge in [0.05, 0.1) is 11.8 Å². The van der Waals surface area contributed by atoms with E-state index in [4.69, 9.17) is 0 Å². The number of aromatic amines is 2. The lowest BCUT2D eigenvalue weighted by atomic mass is 9.79. The van der Waals surface area contributed by atoms with E-state index in [1.165, 1.54) is 0 Å². The minimum atomic E-state index is -0.783. The van der Waals surface area contributed by atoms with E-state index in [0.717, 1.165) is 44.1 Å². The van der Waals surface area contributed by atoms with Crippen molar-refractivity contribution in [1.29, 1.82) is 0 Å². The molecule has 40 heavy (non-hydrogen) atoms. The Kier molecular flexibility index (Phi) is 7.14. The van der Waals surface area contributed by atoms with Gasteiger partial charge >= 0.3 is 0 Å². The van der Waals surface area contributed by atoms with Crippen LogP contribution in [0.25, 0.3) is 21.8 Å². The lowest BCUT2D eigenvalue weighted by Crippen LogP contribution is -2.39. The monoisotopic (exact) mass is 526 g/mol. The molecule has 2 atom stereocenters. The van der Waals surface area contributed by atoms with Crippen LogP contribution in [0.1, 0.15) is 34.1 Å². The number of para-hydroxylation sites is 2. The molecule has 0 radical (unpaired) electrons. The van der Waals surface area contributed by atoms with Crippen molar-refractivity contribution >= 4 is 33.6 Å². The first-order chi connectivity index (χ1) is 19.7. The second-order valence-electron chi connectivity index (χ2n) is 9.94. The second-order valence-corrected chi connectivity index (χ2v) is 9.94. The Morgan fingerprint density at radius 1 is 0.525 bits per heavy atom.